The molecule has 0 bridgehead atoms. The van der Waals surface area contributed by atoms with Gasteiger partial charge in [0.1, 0.15) is 0 Å². The summed E-state index contributed by atoms with van der Waals surface area (Å²) in [4.78, 5) is 23.8. The largest absolute Gasteiger partial charge is 0.345 e. The molecular formula is C14H17N3O2. The first-order valence-electron chi connectivity index (χ1n) is 6.13. The van der Waals surface area contributed by atoms with Crippen LogP contribution in [0.2, 0.25) is 0 Å². The van der Waals surface area contributed by atoms with E-state index in [4.69, 9.17) is 0 Å². The molecule has 2 heterocycles. The van der Waals surface area contributed by atoms with Gasteiger partial charge in [-0.05, 0) is 12.1 Å². The van der Waals surface area contributed by atoms with Gasteiger partial charge in [0.15, 0.2) is 5.78 Å². The van der Waals surface area contributed by atoms with Crippen molar-refractivity contribution in [3.05, 3.63) is 36.2 Å². The van der Waals surface area contributed by atoms with Crippen molar-refractivity contribution in [2.24, 2.45) is 5.41 Å². The lowest BCUT2D eigenvalue weighted by atomic mass is 9.91. The molecule has 0 aliphatic carbocycles. The van der Waals surface area contributed by atoms with Crippen LogP contribution in [-0.2, 0) is 4.79 Å². The highest BCUT2D eigenvalue weighted by Gasteiger charge is 2.22. The lowest BCUT2D eigenvalue weighted by Crippen LogP contribution is -2.35. The van der Waals surface area contributed by atoms with Crippen molar-refractivity contribution in [3.8, 4) is 0 Å². The van der Waals surface area contributed by atoms with Crippen LogP contribution in [0.3, 0.4) is 0 Å². The average molecular weight is 259 g/mol. The first kappa shape index (κ1) is 13.3. The summed E-state index contributed by atoms with van der Waals surface area (Å²) in [6.45, 7) is 5.52. The fourth-order valence-electron chi connectivity index (χ4n) is 1.63. The zero-order chi connectivity index (χ0) is 14.0. The maximum atomic E-state index is 12.0. The highest BCUT2D eigenvalue weighted by Crippen LogP contribution is 2.14. The van der Waals surface area contributed by atoms with Crippen LogP contribution >= 0.6 is 0 Å². The number of pyridine rings is 1. The number of amides is 1. The van der Waals surface area contributed by atoms with Gasteiger partial charge in [-0.3, -0.25) is 9.59 Å². The molecule has 0 fully saturated rings. The molecule has 0 aliphatic rings. The number of rotatable bonds is 3. The fourth-order valence-corrected chi connectivity index (χ4v) is 1.63. The Kier molecular flexibility index (Phi) is 3.38. The van der Waals surface area contributed by atoms with Gasteiger partial charge < -0.3 is 5.32 Å². The van der Waals surface area contributed by atoms with Crippen molar-refractivity contribution < 1.29 is 9.59 Å². The molecule has 0 atom stereocenters. The number of Topliss-reactive ketones (excluding diaryl/α,β-unsaturated/α-hetero) is 1. The van der Waals surface area contributed by atoms with Crippen LogP contribution in [0.1, 0.15) is 31.1 Å². The maximum Gasteiger partial charge on any atom is 0.255 e. The van der Waals surface area contributed by atoms with Crippen LogP contribution in [0, 0.1) is 5.41 Å². The lowest BCUT2D eigenvalue weighted by molar-refractivity contribution is -0.125. The van der Waals surface area contributed by atoms with Crippen LogP contribution in [0.25, 0.3) is 5.52 Å². The first-order valence-corrected chi connectivity index (χ1v) is 6.13. The number of nitrogens with zero attached hydrogens (tertiary/aromatic N) is 2. The Morgan fingerprint density at radius 2 is 2.05 bits per heavy atom. The normalized spacial score (nSPS) is 11.5. The molecule has 2 aromatic rings. The topological polar surface area (TPSA) is 63.5 Å². The highest BCUT2D eigenvalue weighted by molar-refractivity contribution is 6.02. The molecule has 0 radical (unpaired) electrons. The van der Waals surface area contributed by atoms with E-state index in [1.807, 2.05) is 39.0 Å². The molecular weight excluding hydrogens is 242 g/mol. The van der Waals surface area contributed by atoms with E-state index in [0.29, 0.717) is 5.56 Å². The van der Waals surface area contributed by atoms with E-state index in [1.165, 1.54) is 6.20 Å². The van der Waals surface area contributed by atoms with Crippen LogP contribution < -0.4 is 5.32 Å². The number of hydrogen-bond acceptors (Lipinski definition) is 3. The van der Waals surface area contributed by atoms with Crippen LogP contribution in [-0.4, -0.2) is 27.8 Å². The summed E-state index contributed by atoms with van der Waals surface area (Å²) in [6.07, 6.45) is 3.28. The van der Waals surface area contributed by atoms with E-state index in [-0.39, 0.29) is 18.2 Å². The monoisotopic (exact) mass is 259 g/mol. The van der Waals surface area contributed by atoms with Crippen LogP contribution in [0.15, 0.2) is 30.6 Å². The SMILES string of the molecule is CC(C)(C)C(=O)CNC(=O)c1cnn2ccccc12. The average Bonchev–Trinajstić information content (AvgIpc) is 2.78. The molecule has 0 spiro atoms. The fraction of sp³-hybridized carbons (Fsp3) is 0.357. The number of carbonyl (C=O) groups is 2. The predicted octanol–water partition coefficient (Wildman–Crippen LogP) is 1.68. The molecule has 1 amide bonds. The molecule has 0 aliphatic heterocycles. The van der Waals surface area contributed by atoms with Crippen molar-refractivity contribution in [1.29, 1.82) is 0 Å². The van der Waals surface area contributed by atoms with E-state index in [1.54, 1.807) is 10.7 Å². The van der Waals surface area contributed by atoms with Gasteiger partial charge in [-0.15, -0.1) is 0 Å². The molecule has 0 aromatic carbocycles. The van der Waals surface area contributed by atoms with E-state index in [2.05, 4.69) is 10.4 Å². The molecule has 5 heteroatoms. The van der Waals surface area contributed by atoms with Gasteiger partial charge >= 0.3 is 0 Å². The Hall–Kier alpha value is -2.17. The number of fused-ring (bicyclic) bond motifs is 1. The van der Waals surface area contributed by atoms with Gasteiger partial charge in [-0.1, -0.05) is 26.8 Å². The first-order chi connectivity index (χ1) is 8.89. The summed E-state index contributed by atoms with van der Waals surface area (Å²) >= 11 is 0. The molecule has 5 nitrogen and oxygen atoms in total. The van der Waals surface area contributed by atoms with Crippen molar-refractivity contribution >= 4 is 17.2 Å². The number of carbonyl (C=O) groups excluding carboxylic acids is 2. The Morgan fingerprint density at radius 1 is 1.32 bits per heavy atom. The summed E-state index contributed by atoms with van der Waals surface area (Å²) in [5.74, 6) is -0.281. The van der Waals surface area contributed by atoms with E-state index < -0.39 is 5.41 Å². The minimum absolute atomic E-state index is 0.00248. The molecule has 2 rings (SSSR count). The number of hydrogen-bond donors (Lipinski definition) is 1. The smallest absolute Gasteiger partial charge is 0.255 e. The van der Waals surface area contributed by atoms with Crippen molar-refractivity contribution in [2.45, 2.75) is 20.8 Å². The van der Waals surface area contributed by atoms with E-state index >= 15 is 0 Å². The third kappa shape index (κ3) is 2.81. The van der Waals surface area contributed by atoms with Crippen LogP contribution in [0.5, 0.6) is 0 Å². The second kappa shape index (κ2) is 4.84. The maximum absolute atomic E-state index is 12.0. The molecule has 0 unspecified atom stereocenters. The minimum atomic E-state index is -0.450. The zero-order valence-electron chi connectivity index (χ0n) is 11.3. The van der Waals surface area contributed by atoms with Crippen LogP contribution in [0.4, 0.5) is 0 Å². The summed E-state index contributed by atoms with van der Waals surface area (Å²) in [5.41, 5.74) is 0.750. The van der Waals surface area contributed by atoms with Gasteiger partial charge in [0.05, 0.1) is 23.8 Å². The Balaban J connectivity index is 2.11. The number of aromatic nitrogens is 2. The van der Waals surface area contributed by atoms with Crippen molar-refractivity contribution in [3.63, 3.8) is 0 Å². The summed E-state index contributed by atoms with van der Waals surface area (Å²) in [5, 5.41) is 6.73. The zero-order valence-corrected chi connectivity index (χ0v) is 11.3. The lowest BCUT2D eigenvalue weighted by Gasteiger charge is -2.16. The van der Waals surface area contributed by atoms with Gasteiger partial charge in [-0.25, -0.2) is 4.52 Å². The molecule has 19 heavy (non-hydrogen) atoms. The van der Waals surface area contributed by atoms with Gasteiger partial charge in [-0.2, -0.15) is 5.10 Å². The Bertz CT molecular complexity index is 623. The highest BCUT2D eigenvalue weighted by atomic mass is 16.2. The third-order valence-corrected chi connectivity index (χ3v) is 2.92. The summed E-state index contributed by atoms with van der Waals surface area (Å²) in [6, 6.07) is 5.49. The second-order valence-corrected chi connectivity index (χ2v) is 5.44. The van der Waals surface area contributed by atoms with E-state index in [9.17, 15) is 9.59 Å². The molecule has 2 aromatic heterocycles. The van der Waals surface area contributed by atoms with E-state index in [0.717, 1.165) is 5.52 Å². The Labute approximate surface area is 111 Å². The standard InChI is InChI=1S/C14H17N3O2/c1-14(2,3)12(18)9-15-13(19)10-8-16-17-7-5-4-6-11(10)17/h4-8H,9H2,1-3H3,(H,15,19). The molecule has 0 saturated carbocycles. The molecule has 0 saturated heterocycles. The van der Waals surface area contributed by atoms with Crippen molar-refractivity contribution in [2.75, 3.05) is 6.54 Å². The molecule has 100 valence electrons. The summed E-state index contributed by atoms with van der Waals surface area (Å²) in [7, 11) is 0. The predicted molar refractivity (Wildman–Crippen MR) is 72.0 cm³/mol. The van der Waals surface area contributed by atoms with Gasteiger partial charge in [0, 0.05) is 11.6 Å². The quantitative estimate of drug-likeness (QED) is 0.912. The van der Waals surface area contributed by atoms with Crippen molar-refractivity contribution in [1.82, 2.24) is 14.9 Å². The third-order valence-electron chi connectivity index (χ3n) is 2.92. The number of ketones is 1. The van der Waals surface area contributed by atoms with Gasteiger partial charge in [0.25, 0.3) is 5.91 Å². The molecule has 1 N–H and O–H groups in total. The summed E-state index contributed by atoms with van der Waals surface area (Å²) < 4.78 is 1.63. The van der Waals surface area contributed by atoms with Gasteiger partial charge in [0.2, 0.25) is 0 Å². The minimum Gasteiger partial charge on any atom is -0.345 e. The second-order valence-electron chi connectivity index (χ2n) is 5.44. The Morgan fingerprint density at radius 3 is 2.74 bits per heavy atom. The number of nitrogens with one attached hydrogen (secondary N) is 1.